The van der Waals surface area contributed by atoms with Gasteiger partial charge in [-0.1, -0.05) is 37.8 Å². The van der Waals surface area contributed by atoms with Crippen LogP contribution < -0.4 is 5.32 Å². The molecule has 0 bridgehead atoms. The summed E-state index contributed by atoms with van der Waals surface area (Å²) in [5.74, 6) is 1.34. The lowest BCUT2D eigenvalue weighted by molar-refractivity contribution is 0.179. The Morgan fingerprint density at radius 2 is 2.10 bits per heavy atom. The number of aromatic nitrogens is 1. The van der Waals surface area contributed by atoms with E-state index in [0.29, 0.717) is 28.8 Å². The van der Waals surface area contributed by atoms with Crippen LogP contribution in [-0.2, 0) is 9.47 Å². The Bertz CT molecular complexity index is 1160. The van der Waals surface area contributed by atoms with Crippen LogP contribution in [0.3, 0.4) is 0 Å². The van der Waals surface area contributed by atoms with Crippen LogP contribution in [0.5, 0.6) is 0 Å². The van der Waals surface area contributed by atoms with Crippen molar-refractivity contribution in [1.82, 2.24) is 9.88 Å². The second kappa shape index (κ2) is 7.71. The Labute approximate surface area is 175 Å². The van der Waals surface area contributed by atoms with Crippen LogP contribution in [-0.4, -0.2) is 29.5 Å². The topological polar surface area (TPSA) is 64.9 Å². The predicted molar refractivity (Wildman–Crippen MR) is 118 cm³/mol. The van der Waals surface area contributed by atoms with E-state index in [1.54, 1.807) is 14.0 Å². The molecule has 0 saturated heterocycles. The summed E-state index contributed by atoms with van der Waals surface area (Å²) in [4.78, 5) is 17.6. The van der Waals surface area contributed by atoms with Crippen LogP contribution in [0.25, 0.3) is 10.9 Å². The van der Waals surface area contributed by atoms with Crippen LogP contribution >= 0.6 is 0 Å². The van der Waals surface area contributed by atoms with Crippen molar-refractivity contribution in [2.24, 2.45) is 10.9 Å². The summed E-state index contributed by atoms with van der Waals surface area (Å²) < 4.78 is 12.4. The Kier molecular flexibility index (Phi) is 5.08. The molecule has 3 heterocycles. The summed E-state index contributed by atoms with van der Waals surface area (Å²) in [6.45, 7) is 9.54. The summed E-state index contributed by atoms with van der Waals surface area (Å²) in [7, 11) is 1.62. The second-order valence-electron chi connectivity index (χ2n) is 7.63. The number of nitrogens with one attached hydrogen (secondary N) is 1. The average Bonchev–Trinajstić information content (AvgIpc) is 3.36. The average molecular weight is 403 g/mol. The molecular formula is C24H25N3O3. The van der Waals surface area contributed by atoms with E-state index in [4.69, 9.17) is 14.5 Å². The number of aliphatic imine (C=N–C) groups is 1. The van der Waals surface area contributed by atoms with Gasteiger partial charge in [-0.25, -0.2) is 14.4 Å². The van der Waals surface area contributed by atoms with Gasteiger partial charge in [-0.15, -0.1) is 0 Å². The van der Waals surface area contributed by atoms with Crippen molar-refractivity contribution in [2.45, 2.75) is 26.8 Å². The van der Waals surface area contributed by atoms with Crippen LogP contribution in [0.2, 0.25) is 0 Å². The third-order valence-electron chi connectivity index (χ3n) is 5.21. The van der Waals surface area contributed by atoms with Gasteiger partial charge in [0.05, 0.1) is 35.8 Å². The molecule has 154 valence electrons. The van der Waals surface area contributed by atoms with Gasteiger partial charge < -0.3 is 14.8 Å². The lowest BCUT2D eigenvalue weighted by Crippen LogP contribution is -2.24. The number of allylic oxidation sites excluding steroid dienone is 3. The molecule has 0 spiro atoms. The van der Waals surface area contributed by atoms with Gasteiger partial charge in [0.15, 0.2) is 0 Å². The molecule has 30 heavy (non-hydrogen) atoms. The highest BCUT2D eigenvalue weighted by atomic mass is 16.6. The zero-order chi connectivity index (χ0) is 21.4. The van der Waals surface area contributed by atoms with Gasteiger partial charge in [0, 0.05) is 17.2 Å². The normalized spacial score (nSPS) is 21.9. The summed E-state index contributed by atoms with van der Waals surface area (Å²) in [5, 5.41) is 4.37. The van der Waals surface area contributed by atoms with Crippen molar-refractivity contribution in [3.05, 3.63) is 83.7 Å². The Hall–Kier alpha value is -3.54. The van der Waals surface area contributed by atoms with E-state index in [2.05, 4.69) is 37.9 Å². The van der Waals surface area contributed by atoms with Gasteiger partial charge in [-0.05, 0) is 38.0 Å². The molecule has 4 rings (SSSR count). The van der Waals surface area contributed by atoms with Crippen LogP contribution in [0, 0.1) is 5.92 Å². The van der Waals surface area contributed by atoms with Crippen LogP contribution in [0.15, 0.2) is 83.0 Å². The maximum Gasteiger partial charge on any atom is 0.424 e. The fourth-order valence-corrected chi connectivity index (χ4v) is 3.87. The van der Waals surface area contributed by atoms with Gasteiger partial charge in [-0.2, -0.15) is 0 Å². The number of para-hydroxylation sites is 1. The van der Waals surface area contributed by atoms with E-state index < -0.39 is 6.09 Å². The number of hydrogen-bond acceptors (Lipinski definition) is 5. The Morgan fingerprint density at radius 1 is 1.33 bits per heavy atom. The minimum Gasteiger partial charge on any atom is -0.494 e. The maximum atomic E-state index is 12.8. The van der Waals surface area contributed by atoms with Crippen molar-refractivity contribution in [1.29, 1.82) is 0 Å². The fourth-order valence-electron chi connectivity index (χ4n) is 3.87. The van der Waals surface area contributed by atoms with E-state index in [1.807, 2.05) is 36.4 Å². The van der Waals surface area contributed by atoms with E-state index >= 15 is 0 Å². The molecule has 2 aromatic rings. The highest BCUT2D eigenvalue weighted by Gasteiger charge is 2.26. The largest absolute Gasteiger partial charge is 0.494 e. The van der Waals surface area contributed by atoms with E-state index in [0.717, 1.165) is 22.3 Å². The number of ether oxygens (including phenoxy) is 2. The molecule has 2 aliphatic heterocycles. The van der Waals surface area contributed by atoms with Gasteiger partial charge in [-0.3, -0.25) is 0 Å². The number of nitrogens with zero attached hydrogens (tertiary/aromatic N) is 2. The Morgan fingerprint density at radius 3 is 2.77 bits per heavy atom. The zero-order valence-corrected chi connectivity index (χ0v) is 17.6. The Balaban J connectivity index is 1.79. The molecule has 0 fully saturated rings. The first-order valence-corrected chi connectivity index (χ1v) is 9.87. The first-order chi connectivity index (χ1) is 14.4. The van der Waals surface area contributed by atoms with Crippen molar-refractivity contribution in [3.63, 3.8) is 0 Å². The van der Waals surface area contributed by atoms with Gasteiger partial charge in [0.2, 0.25) is 0 Å². The summed E-state index contributed by atoms with van der Waals surface area (Å²) in [6, 6.07) is 9.72. The number of fused-ring (bicyclic) bond motifs is 1. The fraction of sp³-hybridized carbons (Fsp3) is 0.250. The predicted octanol–water partition coefficient (Wildman–Crippen LogP) is 4.89. The smallest absolute Gasteiger partial charge is 0.424 e. The van der Waals surface area contributed by atoms with Crippen molar-refractivity contribution < 1.29 is 14.3 Å². The molecule has 1 N–H and O–H groups in total. The highest BCUT2D eigenvalue weighted by Crippen LogP contribution is 2.29. The molecule has 0 amide bonds. The molecule has 1 aromatic carbocycles. The van der Waals surface area contributed by atoms with Crippen LogP contribution in [0.4, 0.5) is 4.79 Å². The number of carbonyl (C=O) groups excluding carboxylic acids is 1. The molecule has 6 heteroatoms. The van der Waals surface area contributed by atoms with Gasteiger partial charge >= 0.3 is 6.09 Å². The minimum absolute atomic E-state index is 0.140. The molecule has 2 aliphatic rings. The number of hydrogen-bond donors (Lipinski definition) is 1. The molecule has 0 radical (unpaired) electrons. The summed E-state index contributed by atoms with van der Waals surface area (Å²) in [5.41, 5.74) is 3.92. The first kappa shape index (κ1) is 19.8. The quantitative estimate of drug-likeness (QED) is 0.739. The third-order valence-corrected chi connectivity index (χ3v) is 5.21. The molecular weight excluding hydrogens is 378 g/mol. The van der Waals surface area contributed by atoms with Crippen molar-refractivity contribution in [2.75, 3.05) is 7.11 Å². The molecule has 2 unspecified atom stereocenters. The summed E-state index contributed by atoms with van der Waals surface area (Å²) >= 11 is 0. The molecule has 0 saturated carbocycles. The highest BCUT2D eigenvalue weighted by molar-refractivity contribution is 6.15. The second-order valence-corrected chi connectivity index (χ2v) is 7.63. The number of carbonyl (C=O) groups is 1. The van der Waals surface area contributed by atoms with Crippen molar-refractivity contribution >= 4 is 22.7 Å². The first-order valence-electron chi connectivity index (χ1n) is 9.87. The number of methoxy groups -OCH3 is 1. The van der Waals surface area contributed by atoms with Gasteiger partial charge in [0.1, 0.15) is 11.5 Å². The monoisotopic (exact) mass is 403 g/mol. The molecule has 1 aromatic heterocycles. The number of benzene rings is 1. The lowest BCUT2D eigenvalue weighted by atomic mass is 10.0. The molecule has 0 aliphatic carbocycles. The third kappa shape index (κ3) is 3.56. The zero-order valence-electron chi connectivity index (χ0n) is 17.6. The van der Waals surface area contributed by atoms with Crippen molar-refractivity contribution in [3.8, 4) is 0 Å². The lowest BCUT2D eigenvalue weighted by Gasteiger charge is -2.13. The molecule has 2 atom stereocenters. The van der Waals surface area contributed by atoms with Crippen LogP contribution in [0.1, 0.15) is 26.5 Å². The SMILES string of the molecule is C=C(C)OC(=O)n1c(C2=N/C(=C\C3NC(C)=CC3C)C(OC)=C2)cc2ccccc21. The molecule has 6 nitrogen and oxygen atoms in total. The van der Waals surface area contributed by atoms with E-state index in [9.17, 15) is 4.79 Å². The summed E-state index contributed by atoms with van der Waals surface area (Å²) in [6.07, 6.45) is 5.60. The minimum atomic E-state index is -0.517. The van der Waals surface area contributed by atoms with E-state index in [1.165, 1.54) is 4.57 Å². The standard InChI is InChI=1S/C24H25N3O3/c1-14(2)30-24(28)27-21-9-7-6-8-17(21)11-22(27)19-13-23(29-5)20(26-19)12-18-15(3)10-16(4)25-18/h6-13,15,18,25H,1H2,2-5H3/b20-12-. The van der Waals surface area contributed by atoms with E-state index in [-0.39, 0.29) is 6.04 Å². The van der Waals surface area contributed by atoms with Gasteiger partial charge in [0.25, 0.3) is 0 Å². The maximum absolute atomic E-state index is 12.8. The number of rotatable bonds is 4.